The van der Waals surface area contributed by atoms with E-state index in [0.29, 0.717) is 18.5 Å². The Morgan fingerprint density at radius 1 is 1.40 bits per heavy atom. The van der Waals surface area contributed by atoms with Crippen molar-refractivity contribution in [2.24, 2.45) is 0 Å². The van der Waals surface area contributed by atoms with Gasteiger partial charge in [0.15, 0.2) is 0 Å². The Morgan fingerprint density at radius 2 is 2.05 bits per heavy atom. The second-order valence-corrected chi connectivity index (χ2v) is 4.38. The lowest BCUT2D eigenvalue weighted by Crippen LogP contribution is -2.36. The van der Waals surface area contributed by atoms with Crippen LogP contribution >= 0.6 is 0 Å². The van der Waals surface area contributed by atoms with E-state index in [-0.39, 0.29) is 17.8 Å². The summed E-state index contributed by atoms with van der Waals surface area (Å²) in [4.78, 5) is 34.4. The van der Waals surface area contributed by atoms with E-state index >= 15 is 0 Å². The van der Waals surface area contributed by atoms with Crippen molar-refractivity contribution in [2.75, 3.05) is 13.1 Å². The Balaban J connectivity index is 3.05. The monoisotopic (exact) mass is 280 g/mol. The van der Waals surface area contributed by atoms with Crippen molar-refractivity contribution >= 4 is 17.6 Å². The number of carboxylic acid groups (broad SMARTS) is 1. The third-order valence-electron chi connectivity index (χ3n) is 2.76. The van der Waals surface area contributed by atoms with Gasteiger partial charge in [0.05, 0.1) is 4.92 Å². The van der Waals surface area contributed by atoms with Crippen LogP contribution in [0.4, 0.5) is 5.69 Å². The first kappa shape index (κ1) is 15.6. The second-order valence-electron chi connectivity index (χ2n) is 4.38. The third-order valence-corrected chi connectivity index (χ3v) is 2.76. The molecule has 0 bridgehead atoms. The van der Waals surface area contributed by atoms with Crippen molar-refractivity contribution in [3.63, 3.8) is 0 Å². The van der Waals surface area contributed by atoms with Gasteiger partial charge in [-0.2, -0.15) is 0 Å². The molecule has 1 aromatic rings. The molecule has 1 aromatic carbocycles. The fourth-order valence-electron chi connectivity index (χ4n) is 1.86. The largest absolute Gasteiger partial charge is 0.480 e. The number of benzene rings is 1. The standard InChI is InChI=1S/C13H16N2O5/c1-3-6-14(8-12(16)17)13(18)11-5-4-10(15(19)20)7-9(11)2/h4-5,7H,3,6,8H2,1-2H3,(H,16,17). The molecule has 0 unspecified atom stereocenters. The number of rotatable bonds is 6. The van der Waals surface area contributed by atoms with Gasteiger partial charge in [0.25, 0.3) is 11.6 Å². The lowest BCUT2D eigenvalue weighted by Gasteiger charge is -2.20. The van der Waals surface area contributed by atoms with Crippen LogP contribution in [0.2, 0.25) is 0 Å². The van der Waals surface area contributed by atoms with Gasteiger partial charge >= 0.3 is 5.97 Å². The zero-order chi connectivity index (χ0) is 15.3. The van der Waals surface area contributed by atoms with Crippen LogP contribution in [-0.2, 0) is 4.79 Å². The summed E-state index contributed by atoms with van der Waals surface area (Å²) in [7, 11) is 0. The maximum atomic E-state index is 12.3. The van der Waals surface area contributed by atoms with Crippen LogP contribution in [0.3, 0.4) is 0 Å². The Labute approximate surface area is 116 Å². The Morgan fingerprint density at radius 3 is 2.50 bits per heavy atom. The molecule has 0 saturated carbocycles. The van der Waals surface area contributed by atoms with E-state index < -0.39 is 16.8 Å². The van der Waals surface area contributed by atoms with Gasteiger partial charge in [-0.3, -0.25) is 19.7 Å². The van der Waals surface area contributed by atoms with E-state index in [2.05, 4.69) is 0 Å². The quantitative estimate of drug-likeness (QED) is 0.633. The fourth-order valence-corrected chi connectivity index (χ4v) is 1.86. The van der Waals surface area contributed by atoms with Crippen molar-refractivity contribution < 1.29 is 19.6 Å². The Bertz CT molecular complexity index is 542. The highest BCUT2D eigenvalue weighted by Crippen LogP contribution is 2.18. The van der Waals surface area contributed by atoms with Gasteiger partial charge in [0.2, 0.25) is 0 Å². The van der Waals surface area contributed by atoms with Crippen molar-refractivity contribution in [1.82, 2.24) is 4.90 Å². The number of nitro groups is 1. The summed E-state index contributed by atoms with van der Waals surface area (Å²) in [5, 5.41) is 19.5. The predicted molar refractivity (Wildman–Crippen MR) is 71.7 cm³/mol. The number of non-ortho nitro benzene ring substituents is 1. The number of aryl methyl sites for hydroxylation is 1. The fraction of sp³-hybridized carbons (Fsp3) is 0.385. The molecule has 108 valence electrons. The topological polar surface area (TPSA) is 101 Å². The van der Waals surface area contributed by atoms with Gasteiger partial charge in [0, 0.05) is 24.2 Å². The van der Waals surface area contributed by atoms with Crippen molar-refractivity contribution in [1.29, 1.82) is 0 Å². The van der Waals surface area contributed by atoms with E-state index in [1.165, 1.54) is 23.1 Å². The second kappa shape index (κ2) is 6.65. The number of carbonyl (C=O) groups excluding carboxylic acids is 1. The number of carboxylic acids is 1. The highest BCUT2D eigenvalue weighted by molar-refractivity contribution is 5.97. The first-order valence-corrected chi connectivity index (χ1v) is 6.13. The number of aliphatic carboxylic acids is 1. The lowest BCUT2D eigenvalue weighted by molar-refractivity contribution is -0.384. The summed E-state index contributed by atoms with van der Waals surface area (Å²) in [6.07, 6.45) is 0.630. The van der Waals surface area contributed by atoms with E-state index in [9.17, 15) is 19.7 Å². The van der Waals surface area contributed by atoms with Crippen LogP contribution in [0.15, 0.2) is 18.2 Å². The lowest BCUT2D eigenvalue weighted by atomic mass is 10.1. The van der Waals surface area contributed by atoms with E-state index in [1.807, 2.05) is 6.92 Å². The minimum Gasteiger partial charge on any atom is -0.480 e. The van der Waals surface area contributed by atoms with Crippen molar-refractivity contribution in [3.8, 4) is 0 Å². The molecule has 0 aromatic heterocycles. The van der Waals surface area contributed by atoms with Gasteiger partial charge < -0.3 is 10.0 Å². The minimum atomic E-state index is -1.09. The average Bonchev–Trinajstić information content (AvgIpc) is 2.36. The molecule has 0 heterocycles. The van der Waals surface area contributed by atoms with Crippen molar-refractivity contribution in [2.45, 2.75) is 20.3 Å². The molecular formula is C13H16N2O5. The number of amides is 1. The summed E-state index contributed by atoms with van der Waals surface area (Å²) in [6, 6.07) is 3.91. The zero-order valence-electron chi connectivity index (χ0n) is 11.3. The molecule has 0 radical (unpaired) electrons. The molecule has 0 spiro atoms. The SMILES string of the molecule is CCCN(CC(=O)O)C(=O)c1ccc([N+](=O)[O-])cc1C. The smallest absolute Gasteiger partial charge is 0.323 e. The van der Waals surface area contributed by atoms with Crippen LogP contribution < -0.4 is 0 Å². The van der Waals surface area contributed by atoms with Crippen LogP contribution in [0.25, 0.3) is 0 Å². The maximum Gasteiger partial charge on any atom is 0.323 e. The maximum absolute atomic E-state index is 12.3. The highest BCUT2D eigenvalue weighted by atomic mass is 16.6. The van der Waals surface area contributed by atoms with Crippen LogP contribution in [-0.4, -0.2) is 39.9 Å². The number of nitro benzene ring substituents is 1. The molecule has 0 fully saturated rings. The summed E-state index contributed by atoms with van der Waals surface area (Å²) in [5.41, 5.74) is 0.639. The number of hydrogen-bond acceptors (Lipinski definition) is 4. The Hall–Kier alpha value is -2.44. The molecule has 0 atom stereocenters. The molecule has 1 amide bonds. The minimum absolute atomic E-state index is 0.0978. The van der Waals surface area contributed by atoms with Crippen LogP contribution in [0.1, 0.15) is 29.3 Å². The number of carbonyl (C=O) groups is 2. The third kappa shape index (κ3) is 3.78. The van der Waals surface area contributed by atoms with Gasteiger partial charge in [-0.05, 0) is 25.0 Å². The molecule has 1 rings (SSSR count). The molecular weight excluding hydrogens is 264 g/mol. The molecule has 20 heavy (non-hydrogen) atoms. The first-order valence-electron chi connectivity index (χ1n) is 6.13. The van der Waals surface area contributed by atoms with E-state index in [1.54, 1.807) is 6.92 Å². The average molecular weight is 280 g/mol. The normalized spacial score (nSPS) is 10.1. The molecule has 0 saturated heterocycles. The molecule has 0 aliphatic heterocycles. The van der Waals surface area contributed by atoms with E-state index in [0.717, 1.165) is 0 Å². The summed E-state index contributed by atoms with van der Waals surface area (Å²) in [6.45, 7) is 3.36. The van der Waals surface area contributed by atoms with Crippen LogP contribution in [0, 0.1) is 17.0 Å². The van der Waals surface area contributed by atoms with Gasteiger partial charge in [-0.1, -0.05) is 6.92 Å². The molecule has 1 N–H and O–H groups in total. The zero-order valence-corrected chi connectivity index (χ0v) is 11.3. The molecule has 0 aliphatic rings. The van der Waals surface area contributed by atoms with Gasteiger partial charge in [-0.25, -0.2) is 0 Å². The Kier molecular flexibility index (Phi) is 5.19. The molecule has 0 aliphatic carbocycles. The summed E-state index contributed by atoms with van der Waals surface area (Å²) < 4.78 is 0. The predicted octanol–water partition coefficient (Wildman–Crippen LogP) is 1.84. The van der Waals surface area contributed by atoms with Crippen molar-refractivity contribution in [3.05, 3.63) is 39.4 Å². The van der Waals surface area contributed by atoms with E-state index in [4.69, 9.17) is 5.11 Å². The van der Waals surface area contributed by atoms with Gasteiger partial charge in [0.1, 0.15) is 6.54 Å². The summed E-state index contributed by atoms with van der Waals surface area (Å²) >= 11 is 0. The molecule has 7 nitrogen and oxygen atoms in total. The highest BCUT2D eigenvalue weighted by Gasteiger charge is 2.20. The van der Waals surface area contributed by atoms with Gasteiger partial charge in [-0.15, -0.1) is 0 Å². The number of hydrogen-bond donors (Lipinski definition) is 1. The van der Waals surface area contributed by atoms with Crippen LogP contribution in [0.5, 0.6) is 0 Å². The summed E-state index contributed by atoms with van der Waals surface area (Å²) in [5.74, 6) is -1.52. The molecule has 7 heteroatoms. The first-order chi connectivity index (χ1) is 9.36. The number of nitrogens with zero attached hydrogens (tertiary/aromatic N) is 2.